The van der Waals surface area contributed by atoms with Crippen molar-refractivity contribution in [1.29, 1.82) is 0 Å². The summed E-state index contributed by atoms with van der Waals surface area (Å²) in [6.07, 6.45) is 0. The number of aromatic nitrogens is 4. The first-order valence-corrected chi connectivity index (χ1v) is 9.11. The van der Waals surface area contributed by atoms with Crippen molar-refractivity contribution in [3.63, 3.8) is 0 Å². The van der Waals surface area contributed by atoms with E-state index >= 15 is 0 Å². The zero-order valence-electron chi connectivity index (χ0n) is 16.4. The molecule has 2 aromatic heterocycles. The normalized spacial score (nSPS) is 10.7. The number of benzene rings is 1. The highest BCUT2D eigenvalue weighted by atomic mass is 19.3. The average Bonchev–Trinajstić information content (AvgIpc) is 3.03. The summed E-state index contributed by atoms with van der Waals surface area (Å²) in [6.45, 7) is 1.64. The summed E-state index contributed by atoms with van der Waals surface area (Å²) in [5, 5.41) is 20.8. The molecule has 0 unspecified atom stereocenters. The van der Waals surface area contributed by atoms with Crippen LogP contribution in [0.5, 0.6) is 5.75 Å². The quantitative estimate of drug-likeness (QED) is 0.487. The summed E-state index contributed by atoms with van der Waals surface area (Å²) >= 11 is 0. The van der Waals surface area contributed by atoms with Crippen LogP contribution in [0.15, 0.2) is 42.5 Å². The lowest BCUT2D eigenvalue weighted by Gasteiger charge is -2.10. The third-order valence-corrected chi connectivity index (χ3v) is 3.91. The minimum absolute atomic E-state index is 0.0352. The van der Waals surface area contributed by atoms with Gasteiger partial charge in [0.1, 0.15) is 11.6 Å². The van der Waals surface area contributed by atoms with Crippen molar-refractivity contribution >= 4 is 17.5 Å². The molecule has 0 saturated heterocycles. The summed E-state index contributed by atoms with van der Waals surface area (Å²) < 4.78 is 30.5. The van der Waals surface area contributed by atoms with E-state index in [2.05, 4.69) is 36.0 Å². The van der Waals surface area contributed by atoms with E-state index in [1.807, 2.05) is 19.9 Å². The SMILES string of the molecule is Cc1cc(C)n(-c2ccc(NCCNC(=O)Nc3cccc(OC(F)F)c3)nn2)n1. The van der Waals surface area contributed by atoms with Crippen LogP contribution in [-0.4, -0.2) is 45.7 Å². The molecule has 0 radical (unpaired) electrons. The topological polar surface area (TPSA) is 106 Å². The van der Waals surface area contributed by atoms with Gasteiger partial charge in [0.25, 0.3) is 0 Å². The van der Waals surface area contributed by atoms with Gasteiger partial charge in [0, 0.05) is 30.5 Å². The molecule has 158 valence electrons. The highest BCUT2D eigenvalue weighted by Gasteiger charge is 2.07. The number of hydrogen-bond acceptors (Lipinski definition) is 6. The van der Waals surface area contributed by atoms with Crippen LogP contribution in [0.1, 0.15) is 11.4 Å². The van der Waals surface area contributed by atoms with Gasteiger partial charge < -0.3 is 20.7 Å². The predicted octanol–water partition coefficient (Wildman–Crippen LogP) is 3.11. The third-order valence-electron chi connectivity index (χ3n) is 3.91. The van der Waals surface area contributed by atoms with Gasteiger partial charge in [-0.1, -0.05) is 6.07 Å². The third kappa shape index (κ3) is 5.87. The number of alkyl halides is 2. The minimum Gasteiger partial charge on any atom is -0.435 e. The standard InChI is InChI=1S/C19H21F2N7O2/c1-12-10-13(2)28(27-12)17-7-6-16(25-26-17)22-8-9-23-19(29)24-14-4-3-5-15(11-14)30-18(20)21/h3-7,10-11,18H,8-9H2,1-2H3,(H,22,25)(H2,23,24,29). The molecule has 1 aromatic carbocycles. The van der Waals surface area contributed by atoms with E-state index < -0.39 is 12.6 Å². The zero-order chi connectivity index (χ0) is 21.5. The number of nitrogens with zero attached hydrogens (tertiary/aromatic N) is 4. The molecule has 0 atom stereocenters. The second-order valence-corrected chi connectivity index (χ2v) is 6.33. The fourth-order valence-electron chi connectivity index (χ4n) is 2.69. The lowest BCUT2D eigenvalue weighted by molar-refractivity contribution is -0.0497. The van der Waals surface area contributed by atoms with Gasteiger partial charge in [0.05, 0.1) is 5.69 Å². The van der Waals surface area contributed by atoms with Crippen LogP contribution in [0.3, 0.4) is 0 Å². The Labute approximate surface area is 171 Å². The van der Waals surface area contributed by atoms with Crippen LogP contribution in [0, 0.1) is 13.8 Å². The van der Waals surface area contributed by atoms with Gasteiger partial charge >= 0.3 is 12.6 Å². The monoisotopic (exact) mass is 417 g/mol. The van der Waals surface area contributed by atoms with Gasteiger partial charge in [-0.3, -0.25) is 0 Å². The van der Waals surface area contributed by atoms with Gasteiger partial charge in [0.15, 0.2) is 5.82 Å². The van der Waals surface area contributed by atoms with Gasteiger partial charge in [-0.2, -0.15) is 13.9 Å². The summed E-state index contributed by atoms with van der Waals surface area (Å²) in [6, 6.07) is 10.8. The average molecular weight is 417 g/mol. The summed E-state index contributed by atoms with van der Waals surface area (Å²) in [7, 11) is 0. The fourth-order valence-corrected chi connectivity index (χ4v) is 2.69. The van der Waals surface area contributed by atoms with Crippen LogP contribution in [0.2, 0.25) is 0 Å². The Morgan fingerprint density at radius 2 is 1.97 bits per heavy atom. The van der Waals surface area contributed by atoms with E-state index in [9.17, 15) is 13.6 Å². The number of anilines is 2. The maximum absolute atomic E-state index is 12.2. The fraction of sp³-hybridized carbons (Fsp3) is 0.263. The Morgan fingerprint density at radius 3 is 2.63 bits per heavy atom. The Bertz CT molecular complexity index is 993. The molecule has 0 fully saturated rings. The molecule has 9 nitrogen and oxygen atoms in total. The number of ether oxygens (including phenoxy) is 1. The maximum Gasteiger partial charge on any atom is 0.387 e. The van der Waals surface area contributed by atoms with Crippen molar-refractivity contribution in [3.8, 4) is 11.6 Å². The summed E-state index contributed by atoms with van der Waals surface area (Å²) in [5.74, 6) is 1.13. The van der Waals surface area contributed by atoms with E-state index in [-0.39, 0.29) is 5.75 Å². The molecule has 2 heterocycles. The molecule has 3 N–H and O–H groups in total. The number of nitrogens with one attached hydrogen (secondary N) is 3. The summed E-state index contributed by atoms with van der Waals surface area (Å²) in [4.78, 5) is 11.9. The van der Waals surface area contributed by atoms with Gasteiger partial charge in [0.2, 0.25) is 0 Å². The number of rotatable bonds is 8. The highest BCUT2D eigenvalue weighted by molar-refractivity contribution is 5.89. The van der Waals surface area contributed by atoms with Crippen LogP contribution < -0.4 is 20.7 Å². The molecule has 0 aliphatic rings. The molecule has 0 saturated carbocycles. The Kier molecular flexibility index (Phi) is 6.73. The van der Waals surface area contributed by atoms with Gasteiger partial charge in [-0.05, 0) is 44.2 Å². The van der Waals surface area contributed by atoms with E-state index in [1.165, 1.54) is 18.2 Å². The number of amides is 2. The molecule has 0 aliphatic carbocycles. The first-order chi connectivity index (χ1) is 14.4. The van der Waals surface area contributed by atoms with Crippen molar-refractivity contribution in [3.05, 3.63) is 53.9 Å². The lowest BCUT2D eigenvalue weighted by Crippen LogP contribution is -2.32. The van der Waals surface area contributed by atoms with Crippen molar-refractivity contribution < 1.29 is 18.3 Å². The number of carbonyl (C=O) groups is 1. The molecule has 2 amide bonds. The van der Waals surface area contributed by atoms with Crippen LogP contribution >= 0.6 is 0 Å². The van der Waals surface area contributed by atoms with Crippen molar-refractivity contribution in [2.45, 2.75) is 20.5 Å². The molecule has 0 bridgehead atoms. The van der Waals surface area contributed by atoms with Crippen molar-refractivity contribution in [2.24, 2.45) is 0 Å². The van der Waals surface area contributed by atoms with E-state index in [4.69, 9.17) is 0 Å². The molecule has 3 rings (SSSR count). The smallest absolute Gasteiger partial charge is 0.387 e. The summed E-state index contributed by atoms with van der Waals surface area (Å²) in [5.41, 5.74) is 2.20. The Balaban J connectivity index is 1.42. The predicted molar refractivity (Wildman–Crippen MR) is 107 cm³/mol. The highest BCUT2D eigenvalue weighted by Crippen LogP contribution is 2.19. The van der Waals surface area contributed by atoms with Gasteiger partial charge in [-0.15, -0.1) is 10.2 Å². The van der Waals surface area contributed by atoms with Crippen LogP contribution in [-0.2, 0) is 0 Å². The largest absolute Gasteiger partial charge is 0.435 e. The number of halogens is 2. The van der Waals surface area contributed by atoms with Gasteiger partial charge in [-0.25, -0.2) is 9.48 Å². The molecular formula is C19H21F2N7O2. The number of urea groups is 1. The van der Waals surface area contributed by atoms with E-state index in [1.54, 1.807) is 22.9 Å². The van der Waals surface area contributed by atoms with E-state index in [0.29, 0.717) is 30.4 Å². The van der Waals surface area contributed by atoms with Crippen molar-refractivity contribution in [2.75, 3.05) is 23.7 Å². The first-order valence-electron chi connectivity index (χ1n) is 9.11. The zero-order valence-corrected chi connectivity index (χ0v) is 16.4. The number of carbonyl (C=O) groups excluding carboxylic acids is 1. The number of aryl methyl sites for hydroxylation is 2. The molecule has 0 spiro atoms. The van der Waals surface area contributed by atoms with E-state index in [0.717, 1.165) is 11.4 Å². The second kappa shape index (κ2) is 9.63. The molecular weight excluding hydrogens is 396 g/mol. The first kappa shape index (κ1) is 21.0. The molecule has 30 heavy (non-hydrogen) atoms. The maximum atomic E-state index is 12.2. The Morgan fingerprint density at radius 1 is 1.13 bits per heavy atom. The second-order valence-electron chi connectivity index (χ2n) is 6.33. The lowest BCUT2D eigenvalue weighted by atomic mass is 10.3. The number of hydrogen-bond donors (Lipinski definition) is 3. The molecule has 0 aliphatic heterocycles. The minimum atomic E-state index is -2.93. The molecule has 3 aromatic rings. The van der Waals surface area contributed by atoms with Crippen molar-refractivity contribution in [1.82, 2.24) is 25.3 Å². The van der Waals surface area contributed by atoms with Crippen LogP contribution in [0.25, 0.3) is 5.82 Å². The molecule has 11 heteroatoms. The van der Waals surface area contributed by atoms with Crippen LogP contribution in [0.4, 0.5) is 25.1 Å². The Hall–Kier alpha value is -3.76.